The lowest BCUT2D eigenvalue weighted by atomic mass is 10.1. The van der Waals surface area contributed by atoms with Crippen LogP contribution in [0.25, 0.3) is 0 Å². The molecule has 0 bridgehead atoms. The highest BCUT2D eigenvalue weighted by Crippen LogP contribution is 2.27. The van der Waals surface area contributed by atoms with Gasteiger partial charge in [-0.1, -0.05) is 54.2 Å². The molecule has 2 aromatic carbocycles. The van der Waals surface area contributed by atoms with Crippen molar-refractivity contribution in [2.75, 3.05) is 12.3 Å². The zero-order valence-electron chi connectivity index (χ0n) is 17.9. The van der Waals surface area contributed by atoms with E-state index in [-0.39, 0.29) is 12.0 Å². The minimum atomic E-state index is -0.253. The van der Waals surface area contributed by atoms with Gasteiger partial charge in [0.15, 0.2) is 17.1 Å². The summed E-state index contributed by atoms with van der Waals surface area (Å²) in [4.78, 5) is 12.2. The van der Waals surface area contributed by atoms with Crippen molar-refractivity contribution in [1.82, 2.24) is 20.1 Å². The van der Waals surface area contributed by atoms with Crippen LogP contribution in [-0.2, 0) is 18.3 Å². The molecule has 7 heteroatoms. The van der Waals surface area contributed by atoms with Crippen LogP contribution in [-0.4, -0.2) is 33.0 Å². The summed E-state index contributed by atoms with van der Waals surface area (Å²) in [5.74, 6) is 1.85. The van der Waals surface area contributed by atoms with Crippen LogP contribution >= 0.6 is 11.8 Å². The molecular formula is C23H28N4O2S. The summed E-state index contributed by atoms with van der Waals surface area (Å²) in [7, 11) is 1.90. The van der Waals surface area contributed by atoms with E-state index in [1.807, 2.05) is 55.8 Å². The van der Waals surface area contributed by atoms with E-state index in [1.165, 1.54) is 22.9 Å². The molecule has 0 aliphatic carbocycles. The molecule has 1 heterocycles. The van der Waals surface area contributed by atoms with Crippen LogP contribution in [0.4, 0.5) is 0 Å². The average Bonchev–Trinajstić information content (AvgIpc) is 3.11. The molecular weight excluding hydrogens is 396 g/mol. The molecule has 3 rings (SSSR count). The number of amides is 1. The smallest absolute Gasteiger partial charge is 0.230 e. The summed E-state index contributed by atoms with van der Waals surface area (Å²) in [6.45, 7) is 6.69. The zero-order valence-corrected chi connectivity index (χ0v) is 18.7. The number of thioether (sulfide) groups is 1. The van der Waals surface area contributed by atoms with Crippen molar-refractivity contribution in [3.63, 3.8) is 0 Å². The molecule has 0 saturated heterocycles. The van der Waals surface area contributed by atoms with E-state index in [0.29, 0.717) is 17.5 Å². The zero-order chi connectivity index (χ0) is 21.5. The van der Waals surface area contributed by atoms with Crippen LogP contribution < -0.4 is 10.1 Å². The quantitative estimate of drug-likeness (QED) is 0.526. The van der Waals surface area contributed by atoms with Crippen molar-refractivity contribution in [2.45, 2.75) is 38.5 Å². The van der Waals surface area contributed by atoms with Gasteiger partial charge < -0.3 is 14.6 Å². The first-order valence-electron chi connectivity index (χ1n) is 10.0. The second kappa shape index (κ2) is 10.3. The molecule has 3 aromatic rings. The highest BCUT2D eigenvalue weighted by molar-refractivity contribution is 7.99. The van der Waals surface area contributed by atoms with E-state index in [1.54, 1.807) is 0 Å². The molecule has 1 N–H and O–H groups in total. The molecule has 6 nitrogen and oxygen atoms in total. The van der Waals surface area contributed by atoms with Gasteiger partial charge in [0.2, 0.25) is 5.91 Å². The fourth-order valence-corrected chi connectivity index (χ4v) is 3.82. The summed E-state index contributed by atoms with van der Waals surface area (Å²) in [6.07, 6.45) is 0.565. The van der Waals surface area contributed by atoms with Crippen molar-refractivity contribution >= 4 is 17.7 Å². The number of aromatic nitrogens is 3. The van der Waals surface area contributed by atoms with E-state index in [9.17, 15) is 4.79 Å². The second-order valence-corrected chi connectivity index (χ2v) is 8.17. The first-order valence-corrected chi connectivity index (χ1v) is 11.0. The summed E-state index contributed by atoms with van der Waals surface area (Å²) >= 11 is 1.37. The summed E-state index contributed by atoms with van der Waals surface area (Å²) < 4.78 is 8.00. The Labute approximate surface area is 182 Å². The number of rotatable bonds is 9. The number of hydrogen-bond donors (Lipinski definition) is 1. The topological polar surface area (TPSA) is 69.0 Å². The minimum Gasteiger partial charge on any atom is -0.482 e. The van der Waals surface area contributed by atoms with E-state index in [0.717, 1.165) is 23.6 Å². The number of carbonyl (C=O) groups is 1. The van der Waals surface area contributed by atoms with E-state index in [4.69, 9.17) is 4.74 Å². The van der Waals surface area contributed by atoms with Crippen LogP contribution in [0, 0.1) is 13.8 Å². The Morgan fingerprint density at radius 2 is 1.90 bits per heavy atom. The van der Waals surface area contributed by atoms with Gasteiger partial charge in [-0.2, -0.15) is 0 Å². The van der Waals surface area contributed by atoms with Crippen LogP contribution in [0.2, 0.25) is 0 Å². The Morgan fingerprint density at radius 1 is 1.13 bits per heavy atom. The van der Waals surface area contributed by atoms with Gasteiger partial charge in [0, 0.05) is 13.6 Å². The Hall–Kier alpha value is -2.80. The molecule has 1 aromatic heterocycles. The van der Waals surface area contributed by atoms with Gasteiger partial charge in [0.1, 0.15) is 5.75 Å². The van der Waals surface area contributed by atoms with Crippen molar-refractivity contribution in [2.24, 2.45) is 7.05 Å². The number of nitrogens with zero attached hydrogens (tertiary/aromatic N) is 3. The lowest BCUT2D eigenvalue weighted by molar-refractivity contribution is -0.118. The Bertz CT molecular complexity index is 988. The van der Waals surface area contributed by atoms with Gasteiger partial charge in [0.05, 0.1) is 5.75 Å². The van der Waals surface area contributed by atoms with Crippen LogP contribution in [0.15, 0.2) is 53.7 Å². The molecule has 0 aliphatic rings. The minimum absolute atomic E-state index is 0.0137. The maximum atomic E-state index is 12.2. The molecule has 0 saturated carbocycles. The number of benzene rings is 2. The van der Waals surface area contributed by atoms with Gasteiger partial charge in [-0.15, -0.1) is 10.2 Å². The Morgan fingerprint density at radius 3 is 2.67 bits per heavy atom. The van der Waals surface area contributed by atoms with Crippen molar-refractivity contribution in [3.8, 4) is 5.75 Å². The Kier molecular flexibility index (Phi) is 7.52. The van der Waals surface area contributed by atoms with E-state index in [2.05, 4.69) is 40.6 Å². The Balaban J connectivity index is 1.50. The van der Waals surface area contributed by atoms with E-state index < -0.39 is 0 Å². The van der Waals surface area contributed by atoms with Gasteiger partial charge in [-0.05, 0) is 49.9 Å². The highest BCUT2D eigenvalue weighted by atomic mass is 32.2. The number of ether oxygens (including phenoxy) is 1. The highest BCUT2D eigenvalue weighted by Gasteiger charge is 2.19. The normalized spacial score (nSPS) is 11.9. The predicted octanol–water partition coefficient (Wildman–Crippen LogP) is 4.02. The summed E-state index contributed by atoms with van der Waals surface area (Å²) in [6, 6.07) is 16.1. The first kappa shape index (κ1) is 21.9. The van der Waals surface area contributed by atoms with Gasteiger partial charge >= 0.3 is 0 Å². The van der Waals surface area contributed by atoms with Crippen LogP contribution in [0.5, 0.6) is 5.75 Å². The predicted molar refractivity (Wildman–Crippen MR) is 120 cm³/mol. The SMILES string of the molecule is Cc1cccc(OC(C)c2nnc(SCC(=O)NCCc3ccccc3)n2C)c1C. The molecule has 0 radical (unpaired) electrons. The largest absolute Gasteiger partial charge is 0.482 e. The fraction of sp³-hybridized carbons (Fsp3) is 0.348. The molecule has 1 atom stereocenters. The lowest BCUT2D eigenvalue weighted by Gasteiger charge is -2.16. The second-order valence-electron chi connectivity index (χ2n) is 7.23. The third kappa shape index (κ3) is 5.63. The number of aryl methyl sites for hydroxylation is 1. The molecule has 0 spiro atoms. The van der Waals surface area contributed by atoms with Crippen molar-refractivity contribution in [1.29, 1.82) is 0 Å². The first-order chi connectivity index (χ1) is 14.5. The van der Waals surface area contributed by atoms with E-state index >= 15 is 0 Å². The molecule has 1 unspecified atom stereocenters. The van der Waals surface area contributed by atoms with Gasteiger partial charge in [-0.25, -0.2) is 0 Å². The average molecular weight is 425 g/mol. The van der Waals surface area contributed by atoms with Gasteiger partial charge in [0.25, 0.3) is 0 Å². The lowest BCUT2D eigenvalue weighted by Crippen LogP contribution is -2.27. The summed E-state index contributed by atoms with van der Waals surface area (Å²) in [5.41, 5.74) is 3.52. The summed E-state index contributed by atoms with van der Waals surface area (Å²) in [5, 5.41) is 12.2. The third-order valence-electron chi connectivity index (χ3n) is 5.00. The van der Waals surface area contributed by atoms with Crippen molar-refractivity contribution < 1.29 is 9.53 Å². The monoisotopic (exact) mass is 424 g/mol. The van der Waals surface area contributed by atoms with Crippen LogP contribution in [0.1, 0.15) is 35.5 Å². The number of nitrogens with one attached hydrogen (secondary N) is 1. The third-order valence-corrected chi connectivity index (χ3v) is 6.02. The molecule has 0 aliphatic heterocycles. The number of carbonyl (C=O) groups excluding carboxylic acids is 1. The molecule has 158 valence electrons. The van der Waals surface area contributed by atoms with Gasteiger partial charge in [-0.3, -0.25) is 4.79 Å². The maximum Gasteiger partial charge on any atom is 0.230 e. The van der Waals surface area contributed by atoms with Crippen LogP contribution in [0.3, 0.4) is 0 Å². The molecule has 1 amide bonds. The molecule has 30 heavy (non-hydrogen) atoms. The standard InChI is InChI=1S/C23H28N4O2S/c1-16-9-8-12-20(17(16)2)29-18(3)22-25-26-23(27(22)4)30-15-21(28)24-14-13-19-10-6-5-7-11-19/h5-12,18H,13-15H2,1-4H3,(H,24,28). The fourth-order valence-electron chi connectivity index (χ4n) is 3.07. The van der Waals surface area contributed by atoms with Crippen molar-refractivity contribution in [3.05, 3.63) is 71.0 Å². The maximum absolute atomic E-state index is 12.2. The molecule has 0 fully saturated rings. The number of hydrogen-bond acceptors (Lipinski definition) is 5.